The number of alkyl halides is 3. The fraction of sp³-hybridized carbons (Fsp3) is 0.533. The number of carbonyl (C=O) groups excluding carboxylic acids is 1. The molecule has 1 saturated heterocycles. The summed E-state index contributed by atoms with van der Waals surface area (Å²) in [7, 11) is -4.51. The molecule has 1 heterocycles. The van der Waals surface area contributed by atoms with Crippen LogP contribution >= 0.6 is 0 Å². The highest BCUT2D eigenvalue weighted by atomic mass is 32.2. The summed E-state index contributed by atoms with van der Waals surface area (Å²) >= 11 is 0. The Morgan fingerprint density at radius 1 is 1.36 bits per heavy atom. The number of nitrogens with one attached hydrogen (secondary N) is 2. The molecule has 10 heteroatoms. The SMILES string of the molecule is CC(NS(=O)(=O)c1ccccc1C(F)(F)F)C(=O)N1CCNC[C@@H]1C. The molecule has 1 amide bonds. The minimum absolute atomic E-state index is 0.129. The van der Waals surface area contributed by atoms with Crippen LogP contribution in [0.15, 0.2) is 29.2 Å². The van der Waals surface area contributed by atoms with Crippen LogP contribution < -0.4 is 10.0 Å². The molecule has 1 aromatic rings. The van der Waals surface area contributed by atoms with Crippen LogP contribution in [-0.4, -0.2) is 50.9 Å². The Morgan fingerprint density at radius 3 is 2.60 bits per heavy atom. The zero-order chi connectivity index (χ0) is 18.8. The summed E-state index contributed by atoms with van der Waals surface area (Å²) in [5.74, 6) is -0.470. The van der Waals surface area contributed by atoms with E-state index < -0.39 is 38.6 Å². The Hall–Kier alpha value is -1.65. The van der Waals surface area contributed by atoms with Gasteiger partial charge in [-0.25, -0.2) is 8.42 Å². The fourth-order valence-corrected chi connectivity index (χ4v) is 4.12. The van der Waals surface area contributed by atoms with Crippen LogP contribution in [0.4, 0.5) is 13.2 Å². The van der Waals surface area contributed by atoms with Gasteiger partial charge in [0.15, 0.2) is 0 Å². The van der Waals surface area contributed by atoms with Gasteiger partial charge in [0.05, 0.1) is 16.5 Å². The van der Waals surface area contributed by atoms with Gasteiger partial charge in [-0.3, -0.25) is 4.79 Å². The molecular formula is C15H20F3N3O3S. The van der Waals surface area contributed by atoms with Gasteiger partial charge in [-0.05, 0) is 26.0 Å². The predicted octanol–water partition coefficient (Wildman–Crippen LogP) is 1.19. The maximum absolute atomic E-state index is 13.0. The quantitative estimate of drug-likeness (QED) is 0.824. The molecule has 1 aliphatic heterocycles. The van der Waals surface area contributed by atoms with E-state index in [9.17, 15) is 26.4 Å². The molecule has 0 aliphatic carbocycles. The van der Waals surface area contributed by atoms with E-state index in [4.69, 9.17) is 0 Å². The van der Waals surface area contributed by atoms with Crippen molar-refractivity contribution in [2.24, 2.45) is 0 Å². The summed E-state index contributed by atoms with van der Waals surface area (Å²) in [6.07, 6.45) is -4.81. The number of piperazine rings is 1. The molecule has 1 unspecified atom stereocenters. The Bertz CT molecular complexity index is 737. The number of rotatable bonds is 4. The van der Waals surface area contributed by atoms with E-state index in [1.165, 1.54) is 17.9 Å². The van der Waals surface area contributed by atoms with Crippen LogP contribution in [0.25, 0.3) is 0 Å². The zero-order valence-electron chi connectivity index (χ0n) is 13.8. The summed E-state index contributed by atoms with van der Waals surface area (Å²) in [5, 5.41) is 3.10. The van der Waals surface area contributed by atoms with Crippen molar-refractivity contribution in [1.29, 1.82) is 0 Å². The van der Waals surface area contributed by atoms with Gasteiger partial charge >= 0.3 is 6.18 Å². The van der Waals surface area contributed by atoms with Gasteiger partial charge in [-0.15, -0.1) is 0 Å². The Balaban J connectivity index is 2.23. The molecule has 0 spiro atoms. The van der Waals surface area contributed by atoms with E-state index in [1.54, 1.807) is 0 Å². The average Bonchev–Trinajstić information content (AvgIpc) is 2.53. The minimum atomic E-state index is -4.81. The van der Waals surface area contributed by atoms with E-state index in [1.807, 2.05) is 6.92 Å². The molecule has 1 aromatic carbocycles. The topological polar surface area (TPSA) is 78.5 Å². The molecule has 6 nitrogen and oxygen atoms in total. The fourth-order valence-electron chi connectivity index (χ4n) is 2.70. The number of hydrogen-bond acceptors (Lipinski definition) is 4. The van der Waals surface area contributed by atoms with Crippen LogP contribution in [0.1, 0.15) is 19.4 Å². The lowest BCUT2D eigenvalue weighted by atomic mass is 10.2. The van der Waals surface area contributed by atoms with Crippen LogP contribution in [0.3, 0.4) is 0 Å². The molecule has 2 atom stereocenters. The summed E-state index contributed by atoms with van der Waals surface area (Å²) < 4.78 is 66.0. The van der Waals surface area contributed by atoms with Crippen molar-refractivity contribution in [2.75, 3.05) is 19.6 Å². The van der Waals surface area contributed by atoms with Gasteiger partial charge < -0.3 is 10.2 Å². The second-order valence-corrected chi connectivity index (χ2v) is 7.60. The zero-order valence-corrected chi connectivity index (χ0v) is 14.6. The molecule has 1 fully saturated rings. The Labute approximate surface area is 144 Å². The third-order valence-corrected chi connectivity index (χ3v) is 5.57. The van der Waals surface area contributed by atoms with Crippen molar-refractivity contribution in [3.63, 3.8) is 0 Å². The standard InChI is InChI=1S/C15H20F3N3O3S/c1-10-9-19-7-8-21(10)14(22)11(2)20-25(23,24)13-6-4-3-5-12(13)15(16,17)18/h3-6,10-11,19-20H,7-9H2,1-2H3/t10-,11?/m0/s1. The first-order valence-corrected chi connectivity index (χ1v) is 9.22. The molecule has 2 N–H and O–H groups in total. The monoisotopic (exact) mass is 379 g/mol. The highest BCUT2D eigenvalue weighted by Gasteiger charge is 2.38. The third-order valence-electron chi connectivity index (χ3n) is 3.97. The maximum Gasteiger partial charge on any atom is 0.417 e. The lowest BCUT2D eigenvalue weighted by Gasteiger charge is -2.35. The van der Waals surface area contributed by atoms with Crippen molar-refractivity contribution in [3.05, 3.63) is 29.8 Å². The highest BCUT2D eigenvalue weighted by molar-refractivity contribution is 7.89. The van der Waals surface area contributed by atoms with Crippen LogP contribution in [0, 0.1) is 0 Å². The molecule has 0 saturated carbocycles. The first kappa shape index (κ1) is 19.7. The summed E-state index contributed by atoms with van der Waals surface area (Å²) in [4.78, 5) is 13.1. The Morgan fingerprint density at radius 2 is 2.00 bits per heavy atom. The number of benzene rings is 1. The minimum Gasteiger partial charge on any atom is -0.336 e. The summed E-state index contributed by atoms with van der Waals surface area (Å²) in [6.45, 7) is 4.69. The summed E-state index contributed by atoms with van der Waals surface area (Å²) in [6, 6.07) is 2.57. The number of nitrogens with zero attached hydrogens (tertiary/aromatic N) is 1. The van der Waals surface area contributed by atoms with Crippen molar-refractivity contribution in [3.8, 4) is 0 Å². The van der Waals surface area contributed by atoms with Crippen LogP contribution in [0.2, 0.25) is 0 Å². The van der Waals surface area contributed by atoms with Crippen LogP contribution in [-0.2, 0) is 21.0 Å². The first-order valence-electron chi connectivity index (χ1n) is 7.74. The molecular weight excluding hydrogens is 359 g/mol. The molecule has 2 rings (SSSR count). The molecule has 0 aromatic heterocycles. The largest absolute Gasteiger partial charge is 0.417 e. The van der Waals surface area contributed by atoms with Crippen molar-refractivity contribution < 1.29 is 26.4 Å². The number of carbonyl (C=O) groups is 1. The second kappa shape index (κ2) is 7.30. The van der Waals surface area contributed by atoms with Crippen molar-refractivity contribution in [2.45, 2.75) is 37.0 Å². The lowest BCUT2D eigenvalue weighted by Crippen LogP contribution is -2.57. The van der Waals surface area contributed by atoms with Crippen LogP contribution in [0.5, 0.6) is 0 Å². The maximum atomic E-state index is 13.0. The average molecular weight is 379 g/mol. The molecule has 0 radical (unpaired) electrons. The van der Waals surface area contributed by atoms with E-state index in [-0.39, 0.29) is 6.04 Å². The molecule has 0 bridgehead atoms. The van der Waals surface area contributed by atoms with Crippen molar-refractivity contribution >= 4 is 15.9 Å². The second-order valence-electron chi connectivity index (χ2n) is 5.92. The van der Waals surface area contributed by atoms with Crippen molar-refractivity contribution in [1.82, 2.24) is 14.9 Å². The number of amides is 1. The molecule has 25 heavy (non-hydrogen) atoms. The first-order chi connectivity index (χ1) is 11.5. The molecule has 1 aliphatic rings. The van der Waals surface area contributed by atoms with Gasteiger partial charge in [-0.1, -0.05) is 12.1 Å². The van der Waals surface area contributed by atoms with Gasteiger partial charge in [0.2, 0.25) is 15.9 Å². The highest BCUT2D eigenvalue weighted by Crippen LogP contribution is 2.33. The smallest absolute Gasteiger partial charge is 0.336 e. The van der Waals surface area contributed by atoms with Gasteiger partial charge in [0.25, 0.3) is 0 Å². The predicted molar refractivity (Wildman–Crippen MR) is 85.3 cm³/mol. The van der Waals surface area contributed by atoms with E-state index >= 15 is 0 Å². The Kier molecular flexibility index (Phi) is 5.75. The van der Waals surface area contributed by atoms with E-state index in [0.29, 0.717) is 25.7 Å². The number of sulfonamides is 1. The van der Waals surface area contributed by atoms with E-state index in [2.05, 4.69) is 10.0 Å². The van der Waals surface area contributed by atoms with Gasteiger partial charge in [-0.2, -0.15) is 17.9 Å². The van der Waals surface area contributed by atoms with Gasteiger partial charge in [0.1, 0.15) is 0 Å². The number of halogens is 3. The molecule has 140 valence electrons. The third kappa shape index (κ3) is 4.50. The van der Waals surface area contributed by atoms with E-state index in [0.717, 1.165) is 12.1 Å². The normalized spacial score (nSPS) is 20.4. The number of hydrogen-bond donors (Lipinski definition) is 2. The van der Waals surface area contributed by atoms with Gasteiger partial charge in [0, 0.05) is 25.7 Å². The summed E-state index contributed by atoms with van der Waals surface area (Å²) in [5.41, 5.74) is -1.27. The lowest BCUT2D eigenvalue weighted by molar-refractivity contribution is -0.139.